The first-order chi connectivity index (χ1) is 17.2. The van der Waals surface area contributed by atoms with Gasteiger partial charge in [0.05, 0.1) is 25.0 Å². The van der Waals surface area contributed by atoms with Crippen molar-refractivity contribution >= 4 is 5.97 Å². The Morgan fingerprint density at radius 2 is 1.72 bits per heavy atom. The number of hydrogen-bond acceptors (Lipinski definition) is 6. The minimum atomic E-state index is -4.37. The molecule has 0 fully saturated rings. The summed E-state index contributed by atoms with van der Waals surface area (Å²) in [4.78, 5) is 11.9. The molecule has 36 heavy (non-hydrogen) atoms. The van der Waals surface area contributed by atoms with Gasteiger partial charge in [-0.05, 0) is 63.0 Å². The molecular formula is C26H23F3N4O3. The average Bonchev–Trinajstić information content (AvgIpc) is 3.31. The highest BCUT2D eigenvalue weighted by Crippen LogP contribution is 2.31. The van der Waals surface area contributed by atoms with Gasteiger partial charge in [0.25, 0.3) is 0 Å². The summed E-state index contributed by atoms with van der Waals surface area (Å²) < 4.78 is 50.7. The highest BCUT2D eigenvalue weighted by molar-refractivity contribution is 5.71. The van der Waals surface area contributed by atoms with E-state index in [1.165, 1.54) is 23.9 Å². The van der Waals surface area contributed by atoms with Crippen LogP contribution in [0.3, 0.4) is 0 Å². The molecule has 0 saturated heterocycles. The molecular weight excluding hydrogens is 473 g/mol. The lowest BCUT2D eigenvalue weighted by Crippen LogP contribution is -2.14. The lowest BCUT2D eigenvalue weighted by molar-refractivity contribution is -0.141. The third-order valence-corrected chi connectivity index (χ3v) is 5.72. The summed E-state index contributed by atoms with van der Waals surface area (Å²) in [6, 6.07) is 19.8. The van der Waals surface area contributed by atoms with Crippen molar-refractivity contribution in [2.45, 2.75) is 25.1 Å². The van der Waals surface area contributed by atoms with E-state index in [0.717, 1.165) is 28.8 Å². The number of alkyl halides is 3. The second-order valence-electron chi connectivity index (χ2n) is 8.13. The zero-order valence-electron chi connectivity index (χ0n) is 19.6. The van der Waals surface area contributed by atoms with Gasteiger partial charge in [0.1, 0.15) is 12.4 Å². The van der Waals surface area contributed by atoms with Gasteiger partial charge in [-0.3, -0.25) is 4.79 Å². The molecule has 0 aliphatic heterocycles. The lowest BCUT2D eigenvalue weighted by Gasteiger charge is -2.15. The molecule has 4 aromatic rings. The molecule has 0 amide bonds. The van der Waals surface area contributed by atoms with E-state index < -0.39 is 11.7 Å². The molecule has 1 aromatic heterocycles. The van der Waals surface area contributed by atoms with Crippen molar-refractivity contribution in [1.82, 2.24) is 20.2 Å². The topological polar surface area (TPSA) is 79.1 Å². The van der Waals surface area contributed by atoms with Gasteiger partial charge in [-0.15, -0.1) is 5.10 Å². The predicted molar refractivity (Wildman–Crippen MR) is 125 cm³/mol. The Kier molecular flexibility index (Phi) is 7.33. The maximum absolute atomic E-state index is 12.8. The quantitative estimate of drug-likeness (QED) is 0.313. The normalized spacial score (nSPS) is 12.2. The van der Waals surface area contributed by atoms with E-state index in [1.54, 1.807) is 19.2 Å². The molecule has 0 N–H and O–H groups in total. The fourth-order valence-electron chi connectivity index (χ4n) is 3.80. The number of ether oxygens (including phenoxy) is 2. The van der Waals surface area contributed by atoms with E-state index in [4.69, 9.17) is 9.47 Å². The first-order valence-corrected chi connectivity index (χ1v) is 11.0. The van der Waals surface area contributed by atoms with Crippen LogP contribution in [0.2, 0.25) is 0 Å². The lowest BCUT2D eigenvalue weighted by atomic mass is 9.95. The smallest absolute Gasteiger partial charge is 0.416 e. The summed E-state index contributed by atoms with van der Waals surface area (Å²) in [7, 11) is 3.04. The zero-order valence-corrected chi connectivity index (χ0v) is 19.6. The molecule has 0 aliphatic carbocycles. The largest absolute Gasteiger partial charge is 0.489 e. The fourth-order valence-corrected chi connectivity index (χ4v) is 3.80. The van der Waals surface area contributed by atoms with E-state index in [9.17, 15) is 18.0 Å². The fraction of sp³-hybridized carbons (Fsp3) is 0.231. The molecule has 10 heteroatoms. The van der Waals surface area contributed by atoms with Gasteiger partial charge >= 0.3 is 12.1 Å². The monoisotopic (exact) mass is 496 g/mol. The number of nitrogens with zero attached hydrogens (tertiary/aromatic N) is 4. The molecule has 3 aromatic carbocycles. The Labute approximate surface area is 205 Å². The van der Waals surface area contributed by atoms with Gasteiger partial charge in [-0.1, -0.05) is 42.5 Å². The van der Waals surface area contributed by atoms with Crippen LogP contribution in [-0.2, 0) is 29.4 Å². The van der Waals surface area contributed by atoms with Crippen LogP contribution in [0.25, 0.3) is 11.1 Å². The van der Waals surface area contributed by atoms with Crippen molar-refractivity contribution in [3.05, 3.63) is 95.3 Å². The number of benzene rings is 3. The highest BCUT2D eigenvalue weighted by Gasteiger charge is 2.30. The molecule has 1 atom stereocenters. The molecule has 1 heterocycles. The van der Waals surface area contributed by atoms with Crippen LogP contribution in [0.5, 0.6) is 5.75 Å². The number of hydrogen-bond donors (Lipinski definition) is 0. The van der Waals surface area contributed by atoms with Crippen LogP contribution >= 0.6 is 0 Å². The Morgan fingerprint density at radius 3 is 2.33 bits per heavy atom. The third kappa shape index (κ3) is 5.88. The second-order valence-corrected chi connectivity index (χ2v) is 8.13. The van der Waals surface area contributed by atoms with Gasteiger partial charge in [0, 0.05) is 7.05 Å². The van der Waals surface area contributed by atoms with Crippen molar-refractivity contribution < 1.29 is 27.4 Å². The Morgan fingerprint density at radius 1 is 1.00 bits per heavy atom. The first-order valence-electron chi connectivity index (χ1n) is 11.0. The van der Waals surface area contributed by atoms with Crippen LogP contribution in [0, 0.1) is 0 Å². The third-order valence-electron chi connectivity index (χ3n) is 5.72. The molecule has 0 spiro atoms. The van der Waals surface area contributed by atoms with E-state index >= 15 is 0 Å². The van der Waals surface area contributed by atoms with E-state index in [0.29, 0.717) is 17.1 Å². The number of methoxy groups -OCH3 is 1. The van der Waals surface area contributed by atoms with Crippen molar-refractivity contribution in [1.29, 1.82) is 0 Å². The summed E-state index contributed by atoms with van der Waals surface area (Å²) in [5, 5.41) is 11.5. The van der Waals surface area contributed by atoms with E-state index in [1.807, 2.05) is 36.4 Å². The Balaban J connectivity index is 1.45. The van der Waals surface area contributed by atoms with Crippen molar-refractivity contribution in [2.24, 2.45) is 7.05 Å². The molecule has 7 nitrogen and oxygen atoms in total. The Hall–Kier alpha value is -4.21. The number of carbonyl (C=O) groups excluding carboxylic acids is 1. The number of carbonyl (C=O) groups is 1. The maximum Gasteiger partial charge on any atom is 0.416 e. The summed E-state index contributed by atoms with van der Waals surface area (Å²) in [6.45, 7) is 0.270. The first kappa shape index (κ1) is 24.9. The number of esters is 1. The summed E-state index contributed by atoms with van der Waals surface area (Å²) in [5.41, 5.74) is 2.49. The van der Waals surface area contributed by atoms with Crippen molar-refractivity contribution in [3.63, 3.8) is 0 Å². The van der Waals surface area contributed by atoms with Gasteiger partial charge in [0.15, 0.2) is 5.82 Å². The molecule has 0 unspecified atom stereocenters. The van der Waals surface area contributed by atoms with Crippen molar-refractivity contribution in [3.8, 4) is 16.9 Å². The number of rotatable bonds is 8. The molecule has 0 radical (unpaired) electrons. The van der Waals surface area contributed by atoms with Crippen LogP contribution in [0.4, 0.5) is 13.2 Å². The molecule has 0 saturated carbocycles. The molecule has 0 bridgehead atoms. The minimum absolute atomic E-state index is 0.0850. The second kappa shape index (κ2) is 10.6. The van der Waals surface area contributed by atoms with Gasteiger partial charge < -0.3 is 9.47 Å². The molecule has 0 aliphatic rings. The van der Waals surface area contributed by atoms with Crippen LogP contribution in [-0.4, -0.2) is 33.3 Å². The number of tetrazole rings is 1. The van der Waals surface area contributed by atoms with E-state index in [-0.39, 0.29) is 24.9 Å². The summed E-state index contributed by atoms with van der Waals surface area (Å²) in [6.07, 6.45) is -4.28. The number of halogens is 3. The molecule has 186 valence electrons. The SMILES string of the molecule is COC(=O)C[C@@H](c1ccc(OCc2cccc(-c3ccc(C(F)(F)F)cc3)c2)cc1)c1nnnn1C. The average molecular weight is 496 g/mol. The van der Waals surface area contributed by atoms with E-state index in [2.05, 4.69) is 15.5 Å². The highest BCUT2D eigenvalue weighted by atomic mass is 19.4. The van der Waals surface area contributed by atoms with Crippen LogP contribution in [0.15, 0.2) is 72.8 Å². The predicted octanol–water partition coefficient (Wildman–Crippen LogP) is 5.17. The van der Waals surface area contributed by atoms with Crippen molar-refractivity contribution in [2.75, 3.05) is 7.11 Å². The molecule has 4 rings (SSSR count). The maximum atomic E-state index is 12.8. The zero-order chi connectivity index (χ0) is 25.7. The van der Waals surface area contributed by atoms with Gasteiger partial charge in [-0.25, -0.2) is 4.68 Å². The summed E-state index contributed by atoms with van der Waals surface area (Å²) >= 11 is 0. The standard InChI is InChI=1S/C26H23F3N4O3/c1-33-25(30-31-32-33)23(15-24(34)35-2)19-8-12-22(13-9-19)36-16-17-4-3-5-20(14-17)18-6-10-21(11-7-18)26(27,28)29/h3-14,23H,15-16H2,1-2H3/t23-/m0/s1. The Bertz CT molecular complexity index is 1320. The van der Waals surface area contributed by atoms with Crippen LogP contribution < -0.4 is 4.74 Å². The minimum Gasteiger partial charge on any atom is -0.489 e. The number of aryl methyl sites for hydroxylation is 1. The van der Waals surface area contributed by atoms with Gasteiger partial charge in [0.2, 0.25) is 0 Å². The number of aromatic nitrogens is 4. The van der Waals surface area contributed by atoms with Crippen LogP contribution in [0.1, 0.15) is 34.9 Å². The summed E-state index contributed by atoms with van der Waals surface area (Å²) in [5.74, 6) is 0.393. The van der Waals surface area contributed by atoms with Gasteiger partial charge in [-0.2, -0.15) is 13.2 Å².